The molecule has 0 radical (unpaired) electrons. The summed E-state index contributed by atoms with van der Waals surface area (Å²) in [6.45, 7) is 0. The summed E-state index contributed by atoms with van der Waals surface area (Å²) in [5.74, 6) is -2.39. The van der Waals surface area contributed by atoms with E-state index in [1.54, 1.807) is 0 Å². The Bertz CT molecular complexity index is 214. The van der Waals surface area contributed by atoms with Crippen molar-refractivity contribution in [1.29, 1.82) is 10.5 Å². The van der Waals surface area contributed by atoms with Gasteiger partial charge in [-0.1, -0.05) is 0 Å². The zero-order valence-corrected chi connectivity index (χ0v) is 8.98. The second-order valence-electron chi connectivity index (χ2n) is 1.44. The van der Waals surface area contributed by atoms with Gasteiger partial charge in [0.25, 0.3) is 0 Å². The third kappa shape index (κ3) is 35.9. The summed E-state index contributed by atoms with van der Waals surface area (Å²) in [5.41, 5.74) is 0. The number of carbonyl (C=O) groups is 2. The molecule has 0 fully saturated rings. The van der Waals surface area contributed by atoms with Crippen LogP contribution in [0.15, 0.2) is 0 Å². The summed E-state index contributed by atoms with van der Waals surface area (Å²) >= 11 is 0. The Morgan fingerprint density at radius 3 is 1.62 bits per heavy atom. The van der Waals surface area contributed by atoms with Crippen molar-refractivity contribution in [3.8, 4) is 12.1 Å². The minimum absolute atomic E-state index is 0. The summed E-state index contributed by atoms with van der Waals surface area (Å²) in [5, 5.41) is 32.1. The van der Waals surface area contributed by atoms with Gasteiger partial charge in [0, 0.05) is 0 Å². The van der Waals surface area contributed by atoms with Crippen LogP contribution in [0.1, 0.15) is 12.8 Å². The average molecular weight is 192 g/mol. The Kier molecular flexibility index (Phi) is 18.6. The normalized spacial score (nSPS) is 6.00. The molecular formula is C6H5N2NaO4. The van der Waals surface area contributed by atoms with E-state index in [1.807, 2.05) is 0 Å². The molecule has 64 valence electrons. The summed E-state index contributed by atoms with van der Waals surface area (Å²) in [6.07, 6.45) is -0.917. The van der Waals surface area contributed by atoms with Gasteiger partial charge in [-0.15, -0.1) is 0 Å². The van der Waals surface area contributed by atoms with E-state index in [0.29, 0.717) is 0 Å². The molecule has 0 aliphatic heterocycles. The smallest absolute Gasteiger partial charge is 0.549 e. The largest absolute Gasteiger partial charge is 1.00 e. The van der Waals surface area contributed by atoms with Crippen molar-refractivity contribution in [3.63, 3.8) is 0 Å². The van der Waals surface area contributed by atoms with Crippen LogP contribution in [0.3, 0.4) is 0 Å². The Balaban J connectivity index is -0.000000143. The minimum Gasteiger partial charge on any atom is -0.549 e. The van der Waals surface area contributed by atoms with Crippen molar-refractivity contribution < 1.29 is 49.4 Å². The monoisotopic (exact) mass is 192 g/mol. The van der Waals surface area contributed by atoms with E-state index in [-0.39, 0.29) is 29.6 Å². The molecule has 0 atom stereocenters. The fourth-order valence-corrected chi connectivity index (χ4v) is 0.132. The minimum atomic E-state index is -1.32. The van der Waals surface area contributed by atoms with Crippen LogP contribution >= 0.6 is 0 Å². The Morgan fingerprint density at radius 2 is 1.62 bits per heavy atom. The molecule has 7 heteroatoms. The molecule has 0 amide bonds. The fraction of sp³-hybridized carbons (Fsp3) is 0.333. The van der Waals surface area contributed by atoms with E-state index in [9.17, 15) is 14.7 Å². The number of nitriles is 2. The third-order valence-electron chi connectivity index (χ3n) is 0.454. The second-order valence-corrected chi connectivity index (χ2v) is 1.44. The average Bonchev–Trinajstić information content (AvgIpc) is 1.87. The number of carbonyl (C=O) groups excluding carboxylic acids is 1. The zero-order valence-electron chi connectivity index (χ0n) is 6.98. The number of rotatable bonds is 2. The van der Waals surface area contributed by atoms with Gasteiger partial charge in [-0.3, -0.25) is 4.79 Å². The van der Waals surface area contributed by atoms with E-state index in [1.165, 1.54) is 12.1 Å². The molecule has 0 saturated carbocycles. The van der Waals surface area contributed by atoms with Crippen molar-refractivity contribution >= 4 is 11.9 Å². The van der Waals surface area contributed by atoms with Crippen LogP contribution in [0.25, 0.3) is 0 Å². The van der Waals surface area contributed by atoms with Gasteiger partial charge in [0.05, 0.1) is 24.5 Å². The summed E-state index contributed by atoms with van der Waals surface area (Å²) < 4.78 is 0. The van der Waals surface area contributed by atoms with E-state index >= 15 is 0 Å². The SMILES string of the molecule is N#CCC(=O)O.N#CCC(=O)[O-].[Na+]. The molecule has 0 spiro atoms. The molecule has 0 saturated heterocycles. The third-order valence-corrected chi connectivity index (χ3v) is 0.454. The number of aliphatic carboxylic acids is 2. The molecule has 0 bridgehead atoms. The van der Waals surface area contributed by atoms with E-state index in [2.05, 4.69) is 0 Å². The molecule has 0 aliphatic rings. The first-order chi connectivity index (χ1) is 5.54. The summed E-state index contributed by atoms with van der Waals surface area (Å²) in [7, 11) is 0. The van der Waals surface area contributed by atoms with Crippen LogP contribution in [0.2, 0.25) is 0 Å². The molecule has 0 aromatic carbocycles. The predicted molar refractivity (Wildman–Crippen MR) is 33.1 cm³/mol. The van der Waals surface area contributed by atoms with Gasteiger partial charge < -0.3 is 15.0 Å². The van der Waals surface area contributed by atoms with Crippen molar-refractivity contribution in [2.24, 2.45) is 0 Å². The van der Waals surface area contributed by atoms with Crippen molar-refractivity contribution in [2.45, 2.75) is 12.8 Å². The van der Waals surface area contributed by atoms with Gasteiger partial charge in [0.1, 0.15) is 6.42 Å². The van der Waals surface area contributed by atoms with E-state index in [0.717, 1.165) is 0 Å². The predicted octanol–water partition coefficient (Wildman–Crippen LogP) is -4.36. The maximum absolute atomic E-state index is 9.38. The molecule has 1 N–H and O–H groups in total. The second kappa shape index (κ2) is 13.5. The van der Waals surface area contributed by atoms with Gasteiger partial charge in [-0.05, 0) is 0 Å². The quantitative estimate of drug-likeness (QED) is 0.440. The first kappa shape index (κ1) is 17.9. The summed E-state index contributed by atoms with van der Waals surface area (Å²) in [4.78, 5) is 18.6. The van der Waals surface area contributed by atoms with Gasteiger partial charge in [-0.2, -0.15) is 10.5 Å². The van der Waals surface area contributed by atoms with Gasteiger partial charge in [0.15, 0.2) is 0 Å². The van der Waals surface area contributed by atoms with Crippen molar-refractivity contribution in [1.82, 2.24) is 0 Å². The van der Waals surface area contributed by atoms with Crippen LogP contribution in [0.4, 0.5) is 0 Å². The summed E-state index contributed by atoms with van der Waals surface area (Å²) in [6, 6.07) is 2.87. The van der Waals surface area contributed by atoms with Crippen LogP contribution in [-0.4, -0.2) is 17.0 Å². The number of carboxylic acid groups (broad SMARTS) is 2. The van der Waals surface area contributed by atoms with Crippen LogP contribution < -0.4 is 34.7 Å². The molecule has 6 nitrogen and oxygen atoms in total. The molecule has 13 heavy (non-hydrogen) atoms. The van der Waals surface area contributed by atoms with Crippen LogP contribution in [-0.2, 0) is 9.59 Å². The molecule has 0 rings (SSSR count). The molecule has 0 aromatic heterocycles. The maximum atomic E-state index is 9.38. The number of carboxylic acids is 2. The standard InChI is InChI=1S/2C3H3NO2.Na/c2*4-2-1-3(5)6;/h2*1H2,(H,5,6);/q;;+1/p-1. The molecule has 0 aromatic rings. The Morgan fingerprint density at radius 1 is 1.23 bits per heavy atom. The van der Waals surface area contributed by atoms with Gasteiger partial charge in [-0.25, -0.2) is 0 Å². The first-order valence-corrected chi connectivity index (χ1v) is 2.70. The fourth-order valence-electron chi connectivity index (χ4n) is 0.132. The Hall–Kier alpha value is -1.08. The number of hydrogen-bond donors (Lipinski definition) is 1. The molecule has 0 unspecified atom stereocenters. The molecular weight excluding hydrogens is 187 g/mol. The van der Waals surface area contributed by atoms with Crippen molar-refractivity contribution in [2.75, 3.05) is 0 Å². The zero-order chi connectivity index (χ0) is 9.98. The van der Waals surface area contributed by atoms with E-state index < -0.39 is 24.8 Å². The Labute approximate surface area is 96.7 Å². The van der Waals surface area contributed by atoms with Gasteiger partial charge in [0.2, 0.25) is 0 Å². The van der Waals surface area contributed by atoms with Gasteiger partial charge >= 0.3 is 35.5 Å². The topological polar surface area (TPSA) is 125 Å². The first-order valence-electron chi connectivity index (χ1n) is 2.70. The van der Waals surface area contributed by atoms with Crippen molar-refractivity contribution in [3.05, 3.63) is 0 Å². The van der Waals surface area contributed by atoms with E-state index in [4.69, 9.17) is 15.6 Å². The van der Waals surface area contributed by atoms with Crippen LogP contribution in [0.5, 0.6) is 0 Å². The molecule has 0 aliphatic carbocycles. The number of hydrogen-bond acceptors (Lipinski definition) is 5. The molecule has 0 heterocycles. The number of nitrogens with zero attached hydrogens (tertiary/aromatic N) is 2. The maximum Gasteiger partial charge on any atom is 1.00 e. The van der Waals surface area contributed by atoms with Crippen LogP contribution in [0, 0.1) is 22.7 Å².